The van der Waals surface area contributed by atoms with Crippen molar-refractivity contribution in [2.24, 2.45) is 0 Å². The Morgan fingerprint density at radius 1 is 0.846 bits per heavy atom. The van der Waals surface area contributed by atoms with Gasteiger partial charge in [0, 0.05) is 23.3 Å². The first-order valence-electron chi connectivity index (χ1n) is 11.9. The van der Waals surface area contributed by atoms with Gasteiger partial charge in [-0.3, -0.25) is 9.78 Å². The van der Waals surface area contributed by atoms with Crippen LogP contribution >= 0.6 is 11.6 Å². The van der Waals surface area contributed by atoms with Gasteiger partial charge in [0.2, 0.25) is 0 Å². The van der Waals surface area contributed by atoms with Crippen LogP contribution in [0.4, 0.5) is 4.39 Å². The lowest BCUT2D eigenvalue weighted by molar-refractivity contribution is 0.305. The summed E-state index contributed by atoms with van der Waals surface area (Å²) in [5.74, 6) is 0.859. The number of H-pyrrole nitrogens is 1. The second-order valence-electron chi connectivity index (χ2n) is 8.51. The van der Waals surface area contributed by atoms with E-state index in [0.29, 0.717) is 35.0 Å². The number of nitrogens with zero attached hydrogens (tertiary/aromatic N) is 2. The molecule has 0 saturated heterocycles. The second-order valence-corrected chi connectivity index (χ2v) is 8.92. The predicted molar refractivity (Wildman–Crippen MR) is 148 cm³/mol. The highest BCUT2D eigenvalue weighted by atomic mass is 35.5. The second kappa shape index (κ2) is 11.4. The highest BCUT2D eigenvalue weighted by Gasteiger charge is 2.24. The Bertz CT molecular complexity index is 1670. The number of nitrogens with one attached hydrogen (secondary N) is 1. The van der Waals surface area contributed by atoms with Crippen molar-refractivity contribution in [3.8, 4) is 50.9 Å². The lowest BCUT2D eigenvalue weighted by atomic mass is 9.93. The van der Waals surface area contributed by atoms with Crippen LogP contribution in [-0.2, 0) is 6.61 Å². The standard InChI is InChI=1S/C30H23ClFN3O4/c1-37-20-12-19(13-21(14-20)38-2)26-27(30(36)35-34-28(26)23-10-6-7-11-25(23)32)29-24(31)15-22(16-33-29)39-17-18-8-4-3-5-9-18/h3-16H,17H2,1-2H3,(H,35,36). The van der Waals surface area contributed by atoms with Gasteiger partial charge in [0.25, 0.3) is 5.56 Å². The third kappa shape index (κ3) is 5.46. The van der Waals surface area contributed by atoms with E-state index in [1.807, 2.05) is 30.3 Å². The van der Waals surface area contributed by atoms with Crippen LogP contribution in [0.3, 0.4) is 0 Å². The van der Waals surface area contributed by atoms with Crippen LogP contribution in [0.15, 0.2) is 89.9 Å². The van der Waals surface area contributed by atoms with Crippen molar-refractivity contribution in [3.05, 3.63) is 112 Å². The zero-order chi connectivity index (χ0) is 27.4. The Labute approximate surface area is 228 Å². The molecule has 0 atom stereocenters. The molecule has 0 aliphatic rings. The van der Waals surface area contributed by atoms with Crippen LogP contribution in [-0.4, -0.2) is 29.4 Å². The summed E-state index contributed by atoms with van der Waals surface area (Å²) in [6.07, 6.45) is 1.49. The molecular weight excluding hydrogens is 521 g/mol. The molecule has 0 amide bonds. The van der Waals surface area contributed by atoms with Crippen molar-refractivity contribution in [2.45, 2.75) is 6.61 Å². The maximum atomic E-state index is 15.0. The molecule has 3 aromatic carbocycles. The molecule has 39 heavy (non-hydrogen) atoms. The van der Waals surface area contributed by atoms with Crippen LogP contribution in [0.2, 0.25) is 5.02 Å². The van der Waals surface area contributed by atoms with E-state index >= 15 is 4.39 Å². The van der Waals surface area contributed by atoms with Crippen LogP contribution in [0.1, 0.15) is 5.56 Å². The van der Waals surface area contributed by atoms with Crippen molar-refractivity contribution in [2.75, 3.05) is 14.2 Å². The first-order chi connectivity index (χ1) is 19.0. The fourth-order valence-corrected chi connectivity index (χ4v) is 4.43. The highest BCUT2D eigenvalue weighted by molar-refractivity contribution is 6.33. The fraction of sp³-hybridized carbons (Fsp3) is 0.100. The molecule has 9 heteroatoms. The largest absolute Gasteiger partial charge is 0.497 e. The summed E-state index contributed by atoms with van der Waals surface area (Å²) in [6, 6.07) is 22.5. The number of hydrogen-bond donors (Lipinski definition) is 1. The van der Waals surface area contributed by atoms with Crippen molar-refractivity contribution in [1.82, 2.24) is 15.2 Å². The number of halogens is 2. The normalized spacial score (nSPS) is 10.8. The highest BCUT2D eigenvalue weighted by Crippen LogP contribution is 2.41. The molecule has 0 aliphatic carbocycles. The number of benzene rings is 3. The third-order valence-corrected chi connectivity index (χ3v) is 6.34. The summed E-state index contributed by atoms with van der Waals surface area (Å²) in [5, 5.41) is 6.90. The number of ether oxygens (including phenoxy) is 3. The van der Waals surface area contributed by atoms with E-state index in [4.69, 9.17) is 25.8 Å². The number of hydrogen-bond acceptors (Lipinski definition) is 6. The third-order valence-electron chi connectivity index (χ3n) is 6.05. The molecule has 0 radical (unpaired) electrons. The molecule has 0 bridgehead atoms. The van der Waals surface area contributed by atoms with E-state index < -0.39 is 11.4 Å². The maximum absolute atomic E-state index is 15.0. The molecule has 1 N–H and O–H groups in total. The van der Waals surface area contributed by atoms with Crippen molar-refractivity contribution in [3.63, 3.8) is 0 Å². The van der Waals surface area contributed by atoms with E-state index in [9.17, 15) is 4.79 Å². The number of methoxy groups -OCH3 is 2. The van der Waals surface area contributed by atoms with E-state index in [1.165, 1.54) is 26.5 Å². The number of pyridine rings is 1. The van der Waals surface area contributed by atoms with Gasteiger partial charge in [0.15, 0.2) is 0 Å². The van der Waals surface area contributed by atoms with Crippen molar-refractivity contribution < 1.29 is 18.6 Å². The average molecular weight is 544 g/mol. The van der Waals surface area contributed by atoms with Gasteiger partial charge in [0.05, 0.1) is 36.7 Å². The van der Waals surface area contributed by atoms with Gasteiger partial charge < -0.3 is 14.2 Å². The lowest BCUT2D eigenvalue weighted by Gasteiger charge is -2.16. The summed E-state index contributed by atoms with van der Waals surface area (Å²) in [4.78, 5) is 17.8. The molecular formula is C30H23ClFN3O4. The average Bonchev–Trinajstić information content (AvgIpc) is 2.97. The molecule has 5 aromatic rings. The van der Waals surface area contributed by atoms with E-state index in [2.05, 4.69) is 15.2 Å². The fourth-order valence-electron chi connectivity index (χ4n) is 4.18. The Morgan fingerprint density at radius 3 is 2.21 bits per heavy atom. The summed E-state index contributed by atoms with van der Waals surface area (Å²) >= 11 is 6.68. The summed E-state index contributed by atoms with van der Waals surface area (Å²) in [7, 11) is 3.03. The Kier molecular flexibility index (Phi) is 7.56. The molecule has 0 fully saturated rings. The van der Waals surface area contributed by atoms with Gasteiger partial charge in [0.1, 0.15) is 35.4 Å². The molecule has 2 aromatic heterocycles. The molecule has 5 rings (SSSR count). The summed E-state index contributed by atoms with van der Waals surface area (Å²) in [6.45, 7) is 0.320. The molecule has 0 unspecified atom stereocenters. The Morgan fingerprint density at radius 2 is 1.54 bits per heavy atom. The predicted octanol–water partition coefficient (Wildman–Crippen LogP) is 6.55. The minimum absolute atomic E-state index is 0.109. The Balaban J connectivity index is 1.70. The smallest absolute Gasteiger partial charge is 0.274 e. The SMILES string of the molecule is COc1cc(OC)cc(-c2c(-c3ccccc3F)n[nH]c(=O)c2-c2ncc(OCc3ccccc3)cc2Cl)c1. The number of aromatic nitrogens is 3. The van der Waals surface area contributed by atoms with Crippen LogP contribution in [0.25, 0.3) is 33.6 Å². The Hall–Kier alpha value is -4.69. The van der Waals surface area contributed by atoms with Gasteiger partial charge in [-0.2, -0.15) is 5.10 Å². The summed E-state index contributed by atoms with van der Waals surface area (Å²) in [5.41, 5.74) is 1.91. The lowest BCUT2D eigenvalue weighted by Crippen LogP contribution is -2.15. The molecule has 2 heterocycles. The topological polar surface area (TPSA) is 86.3 Å². The van der Waals surface area contributed by atoms with E-state index in [-0.39, 0.29) is 27.5 Å². The van der Waals surface area contributed by atoms with Crippen LogP contribution < -0.4 is 19.8 Å². The molecule has 7 nitrogen and oxygen atoms in total. The monoisotopic (exact) mass is 543 g/mol. The van der Waals surface area contributed by atoms with Crippen LogP contribution in [0.5, 0.6) is 17.2 Å². The van der Waals surface area contributed by atoms with E-state index in [1.54, 1.807) is 42.5 Å². The van der Waals surface area contributed by atoms with E-state index in [0.717, 1.165) is 5.56 Å². The van der Waals surface area contributed by atoms with Crippen LogP contribution in [0, 0.1) is 5.82 Å². The first-order valence-corrected chi connectivity index (χ1v) is 12.3. The van der Waals surface area contributed by atoms with Gasteiger partial charge >= 0.3 is 0 Å². The van der Waals surface area contributed by atoms with Crippen molar-refractivity contribution in [1.29, 1.82) is 0 Å². The minimum Gasteiger partial charge on any atom is -0.497 e. The van der Waals surface area contributed by atoms with Gasteiger partial charge in [-0.05, 0) is 35.4 Å². The molecule has 0 aliphatic heterocycles. The first kappa shape index (κ1) is 25.9. The van der Waals surface area contributed by atoms with Gasteiger partial charge in [-0.25, -0.2) is 9.49 Å². The minimum atomic E-state index is -0.556. The maximum Gasteiger partial charge on any atom is 0.274 e. The zero-order valence-electron chi connectivity index (χ0n) is 21.1. The van der Waals surface area contributed by atoms with Gasteiger partial charge in [-0.1, -0.05) is 54.1 Å². The number of aromatic amines is 1. The molecule has 0 saturated carbocycles. The van der Waals surface area contributed by atoms with Gasteiger partial charge in [-0.15, -0.1) is 0 Å². The zero-order valence-corrected chi connectivity index (χ0v) is 21.8. The summed E-state index contributed by atoms with van der Waals surface area (Å²) < 4.78 is 31.8. The molecule has 0 spiro atoms. The molecule has 196 valence electrons. The van der Waals surface area contributed by atoms with Crippen molar-refractivity contribution >= 4 is 11.6 Å². The quantitative estimate of drug-likeness (QED) is 0.239. The number of rotatable bonds is 8.